The van der Waals surface area contributed by atoms with Gasteiger partial charge in [0.05, 0.1) is 23.1 Å². The van der Waals surface area contributed by atoms with Crippen molar-refractivity contribution in [3.8, 4) is 5.75 Å². The molecule has 2 aliphatic carbocycles. The largest absolute Gasteiger partial charge is 0.496 e. The average molecular weight is 745 g/mol. The number of methoxy groups -OCH3 is 1. The minimum absolute atomic E-state index is 0.0251. The van der Waals surface area contributed by atoms with Crippen LogP contribution in [0.1, 0.15) is 84.6 Å². The molecular formula is C40H52N6O4S2. The molecule has 7 rings (SSSR count). The Kier molecular flexibility index (Phi) is 11.7. The molecule has 2 saturated heterocycles. The van der Waals surface area contributed by atoms with Crippen molar-refractivity contribution in [2.24, 2.45) is 11.8 Å². The Morgan fingerprint density at radius 1 is 0.846 bits per heavy atom. The number of nitrogens with zero attached hydrogens (tertiary/aromatic N) is 5. The third-order valence-electron chi connectivity index (χ3n) is 11.8. The van der Waals surface area contributed by atoms with Gasteiger partial charge in [-0.25, -0.2) is 4.98 Å². The van der Waals surface area contributed by atoms with E-state index in [0.29, 0.717) is 48.2 Å². The second-order valence-electron chi connectivity index (χ2n) is 14.8. The van der Waals surface area contributed by atoms with Crippen molar-refractivity contribution in [3.63, 3.8) is 0 Å². The van der Waals surface area contributed by atoms with Crippen molar-refractivity contribution < 1.29 is 19.1 Å². The Balaban J connectivity index is 0.904. The molecule has 4 aliphatic rings. The molecule has 0 unspecified atom stereocenters. The highest BCUT2D eigenvalue weighted by Gasteiger charge is 2.33. The summed E-state index contributed by atoms with van der Waals surface area (Å²) in [6.45, 7) is 9.82. The summed E-state index contributed by atoms with van der Waals surface area (Å²) in [6, 6.07) is 12.5. The predicted octanol–water partition coefficient (Wildman–Crippen LogP) is 7.04. The van der Waals surface area contributed by atoms with Crippen molar-refractivity contribution in [1.82, 2.24) is 19.7 Å². The van der Waals surface area contributed by atoms with Gasteiger partial charge in [0.25, 0.3) is 11.8 Å². The number of thiazole rings is 1. The quantitative estimate of drug-likeness (QED) is 0.249. The SMILES string of the molecule is COc1cc(C)c(Sc2cnc(NC(=O)c3ccc(N4CCN(C5CCC(C6CCCC6)CC5)CC4)cc3)s2)cc1C(=O)N1CCN(C(C)=O)CC1. The van der Waals surface area contributed by atoms with Crippen LogP contribution in [-0.4, -0.2) is 103 Å². The first-order valence-corrected chi connectivity index (χ1v) is 20.7. The van der Waals surface area contributed by atoms with E-state index in [0.717, 1.165) is 58.7 Å². The smallest absolute Gasteiger partial charge is 0.257 e. The zero-order valence-electron chi connectivity index (χ0n) is 30.8. The van der Waals surface area contributed by atoms with Crippen molar-refractivity contribution in [3.05, 3.63) is 59.3 Å². The number of aromatic nitrogens is 1. The fourth-order valence-electron chi connectivity index (χ4n) is 8.68. The second kappa shape index (κ2) is 16.6. The molecule has 2 saturated carbocycles. The van der Waals surface area contributed by atoms with Gasteiger partial charge in [-0.2, -0.15) is 0 Å². The molecule has 3 aromatic rings. The molecular weight excluding hydrogens is 693 g/mol. The van der Waals surface area contributed by atoms with Gasteiger partial charge in [0, 0.05) is 81.5 Å². The van der Waals surface area contributed by atoms with Crippen LogP contribution >= 0.6 is 23.1 Å². The van der Waals surface area contributed by atoms with Gasteiger partial charge < -0.3 is 19.4 Å². The van der Waals surface area contributed by atoms with Gasteiger partial charge in [0.2, 0.25) is 5.91 Å². The van der Waals surface area contributed by atoms with Crippen LogP contribution < -0.4 is 15.0 Å². The lowest BCUT2D eigenvalue weighted by Gasteiger charge is -2.43. The summed E-state index contributed by atoms with van der Waals surface area (Å²) in [5, 5.41) is 3.49. The standard InChI is InChI=1S/C40H52N6O4S2/c1-27-24-35(50-3)34(39(49)46-22-16-43(17-23-46)28(2)47)25-36(27)51-37-26-41-40(52-37)42-38(48)31-10-14-33(15-11-31)45-20-18-44(19-21-45)32-12-8-30(9-13-32)29-6-4-5-7-29/h10-11,14-15,24-26,29-30,32H,4-9,12-13,16-23H2,1-3H3,(H,41,42,48). The van der Waals surface area contributed by atoms with E-state index in [1.54, 1.807) is 30.0 Å². The number of anilines is 2. The van der Waals surface area contributed by atoms with Crippen LogP contribution in [0.2, 0.25) is 0 Å². The fourth-order valence-corrected chi connectivity index (χ4v) is 10.6. The molecule has 1 aromatic heterocycles. The van der Waals surface area contributed by atoms with E-state index < -0.39 is 0 Å². The lowest BCUT2D eigenvalue weighted by Crippen LogP contribution is -2.51. The third-order valence-corrected chi connectivity index (χ3v) is 14.0. The first-order chi connectivity index (χ1) is 25.2. The van der Waals surface area contributed by atoms with Gasteiger partial charge in [0.1, 0.15) is 5.75 Å². The monoisotopic (exact) mass is 744 g/mol. The van der Waals surface area contributed by atoms with E-state index in [4.69, 9.17) is 4.74 Å². The molecule has 2 aliphatic heterocycles. The normalized spacial score (nSPS) is 21.7. The van der Waals surface area contributed by atoms with Crippen LogP contribution in [0.15, 0.2) is 51.7 Å². The van der Waals surface area contributed by atoms with Crippen LogP contribution in [0.3, 0.4) is 0 Å². The summed E-state index contributed by atoms with van der Waals surface area (Å²) < 4.78 is 6.49. The van der Waals surface area contributed by atoms with E-state index in [1.165, 1.54) is 80.2 Å². The summed E-state index contributed by atoms with van der Waals surface area (Å²) in [7, 11) is 1.57. The van der Waals surface area contributed by atoms with Crippen LogP contribution in [0.25, 0.3) is 0 Å². The number of benzene rings is 2. The summed E-state index contributed by atoms with van der Waals surface area (Å²) in [4.78, 5) is 52.6. The van der Waals surface area contributed by atoms with Crippen molar-refractivity contribution in [1.29, 1.82) is 0 Å². The van der Waals surface area contributed by atoms with Gasteiger partial charge in [-0.15, -0.1) is 0 Å². The molecule has 1 N–H and O–H groups in total. The Morgan fingerprint density at radius 2 is 1.50 bits per heavy atom. The maximum atomic E-state index is 13.5. The van der Waals surface area contributed by atoms with Crippen molar-refractivity contribution in [2.75, 3.05) is 69.7 Å². The highest BCUT2D eigenvalue weighted by molar-refractivity contribution is 8.01. The van der Waals surface area contributed by atoms with Crippen LogP contribution in [0.4, 0.5) is 10.8 Å². The number of nitrogens with one attached hydrogen (secondary N) is 1. The number of hydrogen-bond acceptors (Lipinski definition) is 9. The highest BCUT2D eigenvalue weighted by atomic mass is 32.2. The van der Waals surface area contributed by atoms with Gasteiger partial charge in [-0.05, 0) is 86.4 Å². The number of amides is 3. The van der Waals surface area contributed by atoms with Gasteiger partial charge in [0.15, 0.2) is 5.13 Å². The van der Waals surface area contributed by atoms with Gasteiger partial charge in [-0.1, -0.05) is 48.8 Å². The zero-order chi connectivity index (χ0) is 36.2. The number of carbonyl (C=O) groups is 3. The number of ether oxygens (including phenoxy) is 1. The predicted molar refractivity (Wildman–Crippen MR) is 208 cm³/mol. The fraction of sp³-hybridized carbons (Fsp3) is 0.550. The first-order valence-electron chi connectivity index (χ1n) is 19.0. The molecule has 3 amide bonds. The molecule has 12 heteroatoms. The summed E-state index contributed by atoms with van der Waals surface area (Å²) >= 11 is 2.91. The van der Waals surface area contributed by atoms with Gasteiger partial charge in [-0.3, -0.25) is 24.6 Å². The number of rotatable bonds is 9. The second-order valence-corrected chi connectivity index (χ2v) is 17.2. The van der Waals surface area contributed by atoms with E-state index in [-0.39, 0.29) is 17.7 Å². The third kappa shape index (κ3) is 8.44. The molecule has 52 heavy (non-hydrogen) atoms. The van der Waals surface area contributed by atoms with Crippen LogP contribution in [0, 0.1) is 18.8 Å². The summed E-state index contributed by atoms with van der Waals surface area (Å²) in [5.41, 5.74) is 3.23. The Bertz CT molecular complexity index is 1720. The molecule has 4 fully saturated rings. The lowest BCUT2D eigenvalue weighted by molar-refractivity contribution is -0.130. The van der Waals surface area contributed by atoms with E-state index >= 15 is 0 Å². The number of piperazine rings is 2. The Hall–Kier alpha value is -3.61. The minimum Gasteiger partial charge on any atom is -0.496 e. The van der Waals surface area contributed by atoms with E-state index in [1.807, 2.05) is 31.2 Å². The molecule has 0 atom stereocenters. The molecule has 2 aromatic carbocycles. The molecule has 3 heterocycles. The molecule has 278 valence electrons. The van der Waals surface area contributed by atoms with Crippen molar-refractivity contribution >= 4 is 51.6 Å². The maximum Gasteiger partial charge on any atom is 0.257 e. The van der Waals surface area contributed by atoms with Crippen LogP contribution in [-0.2, 0) is 4.79 Å². The highest BCUT2D eigenvalue weighted by Crippen LogP contribution is 2.41. The van der Waals surface area contributed by atoms with E-state index in [9.17, 15) is 14.4 Å². The minimum atomic E-state index is -0.186. The number of hydrogen-bond donors (Lipinski definition) is 1. The molecule has 10 nitrogen and oxygen atoms in total. The van der Waals surface area contributed by atoms with Crippen molar-refractivity contribution in [2.45, 2.75) is 80.4 Å². The zero-order valence-corrected chi connectivity index (χ0v) is 32.4. The average Bonchev–Trinajstić information content (AvgIpc) is 3.88. The first kappa shape index (κ1) is 36.7. The summed E-state index contributed by atoms with van der Waals surface area (Å²) in [6.07, 6.45) is 13.2. The van der Waals surface area contributed by atoms with E-state index in [2.05, 4.69) is 32.2 Å². The topological polar surface area (TPSA) is 98.3 Å². The molecule has 0 bridgehead atoms. The van der Waals surface area contributed by atoms with Crippen LogP contribution in [0.5, 0.6) is 5.75 Å². The maximum absolute atomic E-state index is 13.5. The lowest BCUT2D eigenvalue weighted by atomic mass is 9.77. The summed E-state index contributed by atoms with van der Waals surface area (Å²) in [5.74, 6) is 2.25. The Labute approximate surface area is 316 Å². The number of carbonyl (C=O) groups excluding carboxylic acids is 3. The van der Waals surface area contributed by atoms with Gasteiger partial charge >= 0.3 is 0 Å². The molecule has 0 spiro atoms. The Morgan fingerprint density at radius 3 is 2.15 bits per heavy atom. The number of aryl methyl sites for hydroxylation is 1. The molecule has 0 radical (unpaired) electrons.